The topological polar surface area (TPSA) is 99.6 Å². The fourth-order valence-corrected chi connectivity index (χ4v) is 3.02. The van der Waals surface area contributed by atoms with Gasteiger partial charge in [0, 0.05) is 35.1 Å². The van der Waals surface area contributed by atoms with E-state index in [0.717, 1.165) is 41.7 Å². The number of nitrogens with zero attached hydrogens (tertiary/aromatic N) is 3. The van der Waals surface area contributed by atoms with Crippen molar-refractivity contribution in [1.82, 2.24) is 9.97 Å². The van der Waals surface area contributed by atoms with Gasteiger partial charge < -0.3 is 16.4 Å². The summed E-state index contributed by atoms with van der Waals surface area (Å²) < 4.78 is 0. The number of nitriles is 1. The minimum absolute atomic E-state index is 0.180. The molecule has 0 bridgehead atoms. The lowest BCUT2D eigenvalue weighted by atomic mass is 10.1. The monoisotopic (exact) mass is 310 g/mol. The van der Waals surface area contributed by atoms with Gasteiger partial charge in [0.25, 0.3) is 0 Å². The number of rotatable bonds is 4. The molecule has 0 radical (unpaired) electrons. The summed E-state index contributed by atoms with van der Waals surface area (Å²) in [5.74, 6) is 1.52. The third-order valence-electron chi connectivity index (χ3n) is 4.16. The van der Waals surface area contributed by atoms with Crippen LogP contribution in [0.2, 0.25) is 0 Å². The molecule has 2 heterocycles. The van der Waals surface area contributed by atoms with Crippen LogP contribution in [0.25, 0.3) is 10.8 Å². The average Bonchev–Trinajstić information content (AvgIpc) is 2.92. The number of aromatic nitrogens is 2. The molecule has 0 aromatic carbocycles. The molecule has 1 saturated carbocycles. The maximum atomic E-state index is 9.14. The average molecular weight is 310 g/mol. The van der Waals surface area contributed by atoms with Crippen LogP contribution in [0.3, 0.4) is 0 Å². The molecule has 120 valence electrons. The molecular formula is C17H22N6. The standard InChI is InChI=1S/C17H22N6/c1-10(2)21-17-13-7-16(23-15-5-3-4-14(15)19)20-9-11(13)6-12(8-18)22-17/h6-7,9-10,14-15H,3-5,19H2,1-2H3,(H,20,23)(H,21,22)/t14-,15-/m0/s1. The first-order valence-corrected chi connectivity index (χ1v) is 8.06. The fraction of sp³-hybridized carbons (Fsp3) is 0.471. The summed E-state index contributed by atoms with van der Waals surface area (Å²) in [4.78, 5) is 8.86. The van der Waals surface area contributed by atoms with E-state index in [1.54, 1.807) is 12.3 Å². The summed E-state index contributed by atoms with van der Waals surface area (Å²) in [6.07, 6.45) is 5.06. The van der Waals surface area contributed by atoms with Crippen LogP contribution in [0.4, 0.5) is 11.6 Å². The predicted molar refractivity (Wildman–Crippen MR) is 92.2 cm³/mol. The molecule has 0 aliphatic heterocycles. The van der Waals surface area contributed by atoms with Gasteiger partial charge in [0.05, 0.1) is 0 Å². The highest BCUT2D eigenvalue weighted by molar-refractivity contribution is 5.93. The first-order chi connectivity index (χ1) is 11.1. The minimum atomic E-state index is 0.180. The van der Waals surface area contributed by atoms with E-state index in [1.165, 1.54) is 0 Å². The fourth-order valence-electron chi connectivity index (χ4n) is 3.02. The second-order valence-electron chi connectivity index (χ2n) is 6.40. The Morgan fingerprint density at radius 2 is 2.17 bits per heavy atom. The Bertz CT molecular complexity index is 749. The summed E-state index contributed by atoms with van der Waals surface area (Å²) in [6.45, 7) is 4.09. The van der Waals surface area contributed by atoms with Crippen LogP contribution < -0.4 is 16.4 Å². The molecule has 1 aliphatic rings. The Labute approximate surface area is 136 Å². The summed E-state index contributed by atoms with van der Waals surface area (Å²) in [5.41, 5.74) is 6.51. The van der Waals surface area contributed by atoms with Crippen molar-refractivity contribution in [3.8, 4) is 6.07 Å². The van der Waals surface area contributed by atoms with Crippen molar-refractivity contribution in [1.29, 1.82) is 5.26 Å². The van der Waals surface area contributed by atoms with E-state index < -0.39 is 0 Å². The quantitative estimate of drug-likeness (QED) is 0.802. The Morgan fingerprint density at radius 1 is 1.35 bits per heavy atom. The molecule has 0 unspecified atom stereocenters. The van der Waals surface area contributed by atoms with Crippen molar-refractivity contribution in [2.45, 2.75) is 51.2 Å². The number of hydrogen-bond donors (Lipinski definition) is 3. The van der Waals surface area contributed by atoms with Crippen LogP contribution >= 0.6 is 0 Å². The van der Waals surface area contributed by atoms with Crippen molar-refractivity contribution in [3.05, 3.63) is 24.0 Å². The van der Waals surface area contributed by atoms with E-state index in [0.29, 0.717) is 5.69 Å². The second-order valence-corrected chi connectivity index (χ2v) is 6.40. The molecule has 6 nitrogen and oxygen atoms in total. The highest BCUT2D eigenvalue weighted by atomic mass is 15.0. The first-order valence-electron chi connectivity index (χ1n) is 8.06. The number of nitrogens with two attached hydrogens (primary N) is 1. The van der Waals surface area contributed by atoms with Crippen molar-refractivity contribution in [2.24, 2.45) is 5.73 Å². The zero-order chi connectivity index (χ0) is 16.4. The van der Waals surface area contributed by atoms with E-state index >= 15 is 0 Å². The van der Waals surface area contributed by atoms with Crippen molar-refractivity contribution < 1.29 is 0 Å². The van der Waals surface area contributed by atoms with Gasteiger partial charge in [-0.1, -0.05) is 0 Å². The van der Waals surface area contributed by atoms with Gasteiger partial charge in [0.15, 0.2) is 0 Å². The largest absolute Gasteiger partial charge is 0.367 e. The molecule has 1 aliphatic carbocycles. The van der Waals surface area contributed by atoms with E-state index in [1.807, 2.05) is 19.9 Å². The number of hydrogen-bond acceptors (Lipinski definition) is 6. The van der Waals surface area contributed by atoms with Crippen LogP contribution in [0.5, 0.6) is 0 Å². The van der Waals surface area contributed by atoms with E-state index in [4.69, 9.17) is 11.0 Å². The Hall–Kier alpha value is -2.39. The third kappa shape index (κ3) is 3.35. The molecule has 2 atom stereocenters. The normalized spacial score (nSPS) is 20.7. The molecule has 0 spiro atoms. The minimum Gasteiger partial charge on any atom is -0.367 e. The molecular weight excluding hydrogens is 288 g/mol. The zero-order valence-electron chi connectivity index (χ0n) is 13.5. The Balaban J connectivity index is 1.98. The molecule has 0 amide bonds. The molecule has 4 N–H and O–H groups in total. The van der Waals surface area contributed by atoms with Gasteiger partial charge >= 0.3 is 0 Å². The lowest BCUT2D eigenvalue weighted by Gasteiger charge is -2.19. The van der Waals surface area contributed by atoms with Crippen LogP contribution in [0, 0.1) is 11.3 Å². The highest BCUT2D eigenvalue weighted by Gasteiger charge is 2.24. The van der Waals surface area contributed by atoms with Gasteiger partial charge in [-0.25, -0.2) is 9.97 Å². The molecule has 2 aromatic rings. The van der Waals surface area contributed by atoms with Gasteiger partial charge in [0.1, 0.15) is 23.4 Å². The maximum absolute atomic E-state index is 9.14. The highest BCUT2D eigenvalue weighted by Crippen LogP contribution is 2.27. The van der Waals surface area contributed by atoms with Gasteiger partial charge in [-0.05, 0) is 45.2 Å². The Kier molecular flexibility index (Phi) is 4.30. The summed E-state index contributed by atoms with van der Waals surface area (Å²) in [5, 5.41) is 17.8. The summed E-state index contributed by atoms with van der Waals surface area (Å²) >= 11 is 0. The summed E-state index contributed by atoms with van der Waals surface area (Å²) in [7, 11) is 0. The number of pyridine rings is 2. The number of anilines is 2. The maximum Gasteiger partial charge on any atom is 0.143 e. The molecule has 6 heteroatoms. The smallest absolute Gasteiger partial charge is 0.143 e. The molecule has 1 fully saturated rings. The molecule has 2 aromatic heterocycles. The molecule has 3 rings (SSSR count). The lowest BCUT2D eigenvalue weighted by Crippen LogP contribution is -2.35. The van der Waals surface area contributed by atoms with E-state index in [2.05, 4.69) is 26.7 Å². The van der Waals surface area contributed by atoms with Crippen molar-refractivity contribution >= 4 is 22.4 Å². The zero-order valence-corrected chi connectivity index (χ0v) is 13.5. The van der Waals surface area contributed by atoms with Crippen LogP contribution in [-0.2, 0) is 0 Å². The number of fused-ring (bicyclic) bond motifs is 1. The predicted octanol–water partition coefficient (Wildman–Crippen LogP) is 2.61. The van der Waals surface area contributed by atoms with Crippen LogP contribution in [-0.4, -0.2) is 28.1 Å². The first kappa shape index (κ1) is 15.5. The van der Waals surface area contributed by atoms with Crippen LogP contribution in [0.15, 0.2) is 18.3 Å². The van der Waals surface area contributed by atoms with E-state index in [-0.39, 0.29) is 18.1 Å². The van der Waals surface area contributed by atoms with Crippen molar-refractivity contribution in [3.63, 3.8) is 0 Å². The SMILES string of the molecule is CC(C)Nc1nc(C#N)cc2cnc(N[C@H]3CCC[C@@H]3N)cc12. The van der Waals surface area contributed by atoms with Gasteiger partial charge in [-0.3, -0.25) is 0 Å². The summed E-state index contributed by atoms with van der Waals surface area (Å²) in [6, 6.07) is 6.53. The third-order valence-corrected chi connectivity index (χ3v) is 4.16. The van der Waals surface area contributed by atoms with Gasteiger partial charge in [-0.15, -0.1) is 0 Å². The molecule has 0 saturated heterocycles. The lowest BCUT2D eigenvalue weighted by molar-refractivity contribution is 0.636. The Morgan fingerprint density at radius 3 is 2.83 bits per heavy atom. The molecule has 23 heavy (non-hydrogen) atoms. The second kappa shape index (κ2) is 6.39. The number of nitrogens with one attached hydrogen (secondary N) is 2. The van der Waals surface area contributed by atoms with Crippen molar-refractivity contribution in [2.75, 3.05) is 10.6 Å². The van der Waals surface area contributed by atoms with Gasteiger partial charge in [-0.2, -0.15) is 5.26 Å². The van der Waals surface area contributed by atoms with Gasteiger partial charge in [0.2, 0.25) is 0 Å². The van der Waals surface area contributed by atoms with Crippen LogP contribution in [0.1, 0.15) is 38.8 Å². The van der Waals surface area contributed by atoms with E-state index in [9.17, 15) is 0 Å².